The molecule has 0 radical (unpaired) electrons. The van der Waals surface area contributed by atoms with Gasteiger partial charge in [0.15, 0.2) is 5.13 Å². The third kappa shape index (κ3) is 5.05. The zero-order valence-corrected chi connectivity index (χ0v) is 22.7. The van der Waals surface area contributed by atoms with Crippen molar-refractivity contribution >= 4 is 44.1 Å². The fourth-order valence-corrected chi connectivity index (χ4v) is 5.51. The third-order valence-electron chi connectivity index (χ3n) is 6.32. The molecule has 4 aromatic rings. The van der Waals surface area contributed by atoms with Crippen molar-refractivity contribution in [2.24, 2.45) is 0 Å². The Labute approximate surface area is 230 Å². The minimum atomic E-state index is -0.914. The van der Waals surface area contributed by atoms with Gasteiger partial charge in [-0.25, -0.2) is 4.98 Å². The van der Waals surface area contributed by atoms with Crippen molar-refractivity contribution in [1.82, 2.24) is 4.98 Å². The summed E-state index contributed by atoms with van der Waals surface area (Å²) in [7, 11) is 1.54. The average molecular weight is 545 g/mol. The van der Waals surface area contributed by atoms with E-state index in [1.165, 1.54) is 16.2 Å². The van der Waals surface area contributed by atoms with Gasteiger partial charge in [-0.1, -0.05) is 30.4 Å². The van der Waals surface area contributed by atoms with E-state index in [0.29, 0.717) is 52.2 Å². The number of ether oxygens (including phenoxy) is 3. The van der Waals surface area contributed by atoms with E-state index in [4.69, 9.17) is 14.2 Å². The van der Waals surface area contributed by atoms with Crippen molar-refractivity contribution in [3.05, 3.63) is 83.4 Å². The summed E-state index contributed by atoms with van der Waals surface area (Å²) in [6.45, 7) is 5.01. The smallest absolute Gasteiger partial charge is 0.301 e. The van der Waals surface area contributed by atoms with Crippen molar-refractivity contribution in [3.63, 3.8) is 0 Å². The first-order valence-corrected chi connectivity index (χ1v) is 13.5. The van der Waals surface area contributed by atoms with E-state index in [0.717, 1.165) is 11.1 Å². The number of thiazole rings is 1. The maximum absolute atomic E-state index is 13.5. The van der Waals surface area contributed by atoms with Crippen LogP contribution in [0.25, 0.3) is 16.0 Å². The molecule has 0 aliphatic carbocycles. The highest BCUT2D eigenvalue weighted by Gasteiger charge is 2.48. The second-order valence-corrected chi connectivity index (χ2v) is 9.89. The van der Waals surface area contributed by atoms with E-state index < -0.39 is 17.7 Å². The first-order chi connectivity index (χ1) is 18.9. The van der Waals surface area contributed by atoms with Gasteiger partial charge in [0.25, 0.3) is 5.78 Å². The zero-order valence-electron chi connectivity index (χ0n) is 21.8. The first-order valence-electron chi connectivity index (χ1n) is 12.7. The molecule has 9 heteroatoms. The lowest BCUT2D eigenvalue weighted by Crippen LogP contribution is -2.29. The Balaban J connectivity index is 1.64. The first kappa shape index (κ1) is 26.2. The molecular weight excluding hydrogens is 516 g/mol. The maximum atomic E-state index is 13.5. The summed E-state index contributed by atoms with van der Waals surface area (Å²) in [5, 5.41) is 11.8. The van der Waals surface area contributed by atoms with Crippen molar-refractivity contribution in [2.75, 3.05) is 25.2 Å². The van der Waals surface area contributed by atoms with Gasteiger partial charge in [-0.3, -0.25) is 14.5 Å². The van der Waals surface area contributed by atoms with Crippen molar-refractivity contribution in [1.29, 1.82) is 0 Å². The standard InChI is InChI=1S/C30H28N2O6S/c1-4-15-38-20-11-9-18(10-12-20)27(33)25-26(19-7-6-8-21(16-19)36-3)32(29(35)28(25)34)30-31-23-14-13-22(37-5-2)17-24(23)39-30/h6-14,16-17,26,33H,4-5,15H2,1-3H3. The van der Waals surface area contributed by atoms with Crippen molar-refractivity contribution in [3.8, 4) is 17.2 Å². The topological polar surface area (TPSA) is 98.2 Å². The van der Waals surface area contributed by atoms with Crippen LogP contribution in [-0.4, -0.2) is 42.1 Å². The number of aromatic nitrogens is 1. The minimum absolute atomic E-state index is 0.0234. The summed E-state index contributed by atoms with van der Waals surface area (Å²) >= 11 is 1.28. The van der Waals surface area contributed by atoms with E-state index in [2.05, 4.69) is 4.98 Å². The van der Waals surface area contributed by atoms with Crippen LogP contribution in [-0.2, 0) is 9.59 Å². The van der Waals surface area contributed by atoms with Crippen molar-refractivity contribution < 1.29 is 28.9 Å². The average Bonchev–Trinajstić information content (AvgIpc) is 3.49. The molecule has 1 atom stereocenters. The second kappa shape index (κ2) is 11.2. The second-order valence-electron chi connectivity index (χ2n) is 8.88. The van der Waals surface area contributed by atoms with Crippen LogP contribution in [0.2, 0.25) is 0 Å². The van der Waals surface area contributed by atoms with Crippen LogP contribution < -0.4 is 19.1 Å². The maximum Gasteiger partial charge on any atom is 0.301 e. The van der Waals surface area contributed by atoms with Gasteiger partial charge in [-0.05, 0) is 73.5 Å². The van der Waals surface area contributed by atoms with Gasteiger partial charge in [-0.15, -0.1) is 0 Å². The highest BCUT2D eigenvalue weighted by Crippen LogP contribution is 2.45. The van der Waals surface area contributed by atoms with Crippen LogP contribution in [0.1, 0.15) is 37.4 Å². The number of amides is 1. The summed E-state index contributed by atoms with van der Waals surface area (Å²) in [4.78, 5) is 33.1. The summed E-state index contributed by atoms with van der Waals surface area (Å²) in [5.41, 5.74) is 1.65. The summed E-state index contributed by atoms with van der Waals surface area (Å²) in [5.74, 6) is 0.0703. The molecule has 1 fully saturated rings. The molecule has 0 spiro atoms. The molecule has 0 saturated carbocycles. The number of aliphatic hydroxyl groups excluding tert-OH is 1. The Bertz CT molecular complexity index is 1560. The lowest BCUT2D eigenvalue weighted by molar-refractivity contribution is -0.132. The molecule has 1 unspecified atom stereocenters. The Morgan fingerprint density at radius 1 is 0.974 bits per heavy atom. The number of carbonyl (C=O) groups is 2. The molecular formula is C30H28N2O6S. The Hall–Kier alpha value is -4.37. The van der Waals surface area contributed by atoms with E-state index in [-0.39, 0.29) is 11.3 Å². The van der Waals surface area contributed by atoms with Gasteiger partial charge < -0.3 is 19.3 Å². The van der Waals surface area contributed by atoms with Gasteiger partial charge in [0.2, 0.25) is 0 Å². The number of hydrogen-bond acceptors (Lipinski definition) is 8. The van der Waals surface area contributed by atoms with Gasteiger partial charge in [0.05, 0.1) is 42.2 Å². The normalized spacial score (nSPS) is 16.6. The highest BCUT2D eigenvalue weighted by molar-refractivity contribution is 7.22. The molecule has 5 rings (SSSR count). The van der Waals surface area contributed by atoms with Crippen LogP contribution in [0.5, 0.6) is 17.2 Å². The number of fused-ring (bicyclic) bond motifs is 1. The number of benzene rings is 3. The van der Waals surface area contributed by atoms with Crippen LogP contribution in [0, 0.1) is 0 Å². The van der Waals surface area contributed by atoms with Gasteiger partial charge in [-0.2, -0.15) is 0 Å². The summed E-state index contributed by atoms with van der Waals surface area (Å²) < 4.78 is 17.5. The number of Topliss-reactive ketones (excluding diaryl/α,β-unsaturated/α-hetero) is 1. The number of aliphatic hydroxyl groups is 1. The van der Waals surface area contributed by atoms with Gasteiger partial charge in [0.1, 0.15) is 23.0 Å². The summed E-state index contributed by atoms with van der Waals surface area (Å²) in [6, 6.07) is 18.5. The predicted molar refractivity (Wildman–Crippen MR) is 151 cm³/mol. The Morgan fingerprint density at radius 3 is 2.46 bits per heavy atom. The lowest BCUT2D eigenvalue weighted by atomic mass is 9.95. The predicted octanol–water partition coefficient (Wildman–Crippen LogP) is 6.12. The molecule has 1 saturated heterocycles. The minimum Gasteiger partial charge on any atom is -0.507 e. The fraction of sp³-hybridized carbons (Fsp3) is 0.233. The largest absolute Gasteiger partial charge is 0.507 e. The Morgan fingerprint density at radius 2 is 1.74 bits per heavy atom. The van der Waals surface area contributed by atoms with Gasteiger partial charge in [0, 0.05) is 5.56 Å². The number of ketones is 1. The molecule has 3 aromatic carbocycles. The quantitative estimate of drug-likeness (QED) is 0.154. The zero-order chi connectivity index (χ0) is 27.5. The number of hydrogen-bond donors (Lipinski definition) is 1. The fourth-order valence-electron chi connectivity index (χ4n) is 4.49. The molecule has 1 amide bonds. The molecule has 39 heavy (non-hydrogen) atoms. The van der Waals surface area contributed by atoms with Crippen molar-refractivity contribution in [2.45, 2.75) is 26.3 Å². The molecule has 1 aromatic heterocycles. The molecule has 1 N–H and O–H groups in total. The molecule has 2 heterocycles. The van der Waals surface area contributed by atoms with Crippen LogP contribution in [0.15, 0.2) is 72.3 Å². The van der Waals surface area contributed by atoms with E-state index in [1.54, 1.807) is 55.6 Å². The van der Waals surface area contributed by atoms with Crippen LogP contribution >= 0.6 is 11.3 Å². The molecule has 1 aliphatic heterocycles. The Kier molecular flexibility index (Phi) is 7.51. The van der Waals surface area contributed by atoms with E-state index >= 15 is 0 Å². The summed E-state index contributed by atoms with van der Waals surface area (Å²) in [6.07, 6.45) is 0.866. The number of rotatable bonds is 9. The van der Waals surface area contributed by atoms with Crippen LogP contribution in [0.3, 0.4) is 0 Å². The number of methoxy groups -OCH3 is 1. The lowest BCUT2D eigenvalue weighted by Gasteiger charge is -2.23. The SMILES string of the molecule is CCCOc1ccc(C(O)=C2C(=O)C(=O)N(c3nc4ccc(OCC)cc4s3)C2c2cccc(OC)c2)cc1. The number of anilines is 1. The highest BCUT2D eigenvalue weighted by atomic mass is 32.1. The molecule has 200 valence electrons. The number of carbonyl (C=O) groups excluding carboxylic acids is 2. The van der Waals surface area contributed by atoms with E-state index in [9.17, 15) is 14.7 Å². The molecule has 8 nitrogen and oxygen atoms in total. The third-order valence-corrected chi connectivity index (χ3v) is 7.34. The van der Waals surface area contributed by atoms with Crippen LogP contribution in [0.4, 0.5) is 5.13 Å². The molecule has 1 aliphatic rings. The van der Waals surface area contributed by atoms with E-state index in [1.807, 2.05) is 32.0 Å². The van der Waals surface area contributed by atoms with Gasteiger partial charge >= 0.3 is 5.91 Å². The monoisotopic (exact) mass is 544 g/mol. The molecule has 0 bridgehead atoms. The number of nitrogens with zero attached hydrogens (tertiary/aromatic N) is 2.